The Kier molecular flexibility index (Phi) is 6.07. The second-order valence-electron chi connectivity index (χ2n) is 7.83. The lowest BCUT2D eigenvalue weighted by molar-refractivity contribution is 0.0937. The fourth-order valence-electron chi connectivity index (χ4n) is 3.65. The van der Waals surface area contributed by atoms with Gasteiger partial charge in [0, 0.05) is 49.7 Å². The Morgan fingerprint density at radius 2 is 2.00 bits per heavy atom. The number of ether oxygens (including phenoxy) is 1. The number of carbonyl (C=O) groups is 2. The van der Waals surface area contributed by atoms with Gasteiger partial charge in [-0.2, -0.15) is 5.10 Å². The number of nitrogens with zero attached hydrogens (tertiary/aromatic N) is 4. The Morgan fingerprint density at radius 1 is 1.22 bits per heavy atom. The van der Waals surface area contributed by atoms with Crippen LogP contribution in [0.15, 0.2) is 48.9 Å². The molecule has 1 saturated heterocycles. The summed E-state index contributed by atoms with van der Waals surface area (Å²) in [6, 6.07) is 8.96. The third-order valence-corrected chi connectivity index (χ3v) is 5.52. The van der Waals surface area contributed by atoms with Crippen LogP contribution in [0.1, 0.15) is 29.3 Å². The van der Waals surface area contributed by atoms with Crippen LogP contribution in [-0.2, 0) is 13.5 Å². The first-order valence-corrected chi connectivity index (χ1v) is 10.5. The maximum Gasteiger partial charge on any atom is 0.415 e. The number of nitrogens with two attached hydrogens (primary N) is 1. The fourth-order valence-corrected chi connectivity index (χ4v) is 3.65. The molecule has 0 radical (unpaired) electrons. The van der Waals surface area contributed by atoms with E-state index in [4.69, 9.17) is 10.5 Å². The number of rotatable bonds is 5. The topological polar surface area (TPSA) is 115 Å². The summed E-state index contributed by atoms with van der Waals surface area (Å²) in [5.41, 5.74) is 9.02. The number of carbonyl (C=O) groups excluding carboxylic acids is 2. The van der Waals surface area contributed by atoms with E-state index in [1.54, 1.807) is 40.2 Å². The van der Waals surface area contributed by atoms with Gasteiger partial charge in [-0.15, -0.1) is 0 Å². The Hall–Kier alpha value is -3.88. The van der Waals surface area contributed by atoms with Gasteiger partial charge in [0.15, 0.2) is 0 Å². The van der Waals surface area contributed by atoms with Crippen molar-refractivity contribution in [1.82, 2.24) is 25.0 Å². The van der Waals surface area contributed by atoms with E-state index in [1.807, 2.05) is 25.4 Å². The second kappa shape index (κ2) is 9.09. The summed E-state index contributed by atoms with van der Waals surface area (Å²) in [5.74, 6) is 0.335. The average molecular weight is 435 g/mol. The van der Waals surface area contributed by atoms with Crippen LogP contribution in [-0.4, -0.2) is 50.8 Å². The molecule has 0 saturated carbocycles. The van der Waals surface area contributed by atoms with E-state index >= 15 is 0 Å². The molecular weight excluding hydrogens is 408 g/mol. The number of pyridine rings is 1. The lowest BCUT2D eigenvalue weighted by Gasteiger charge is -2.17. The van der Waals surface area contributed by atoms with Crippen molar-refractivity contribution in [2.75, 3.05) is 18.8 Å². The number of hydrogen-bond donors (Lipinski definition) is 2. The minimum Gasteiger partial charge on any atom is -0.410 e. The molecule has 0 bridgehead atoms. The van der Waals surface area contributed by atoms with Gasteiger partial charge >= 0.3 is 6.09 Å². The standard InChI is InChI=1S/C23H26N6O3/c1-3-15-4-6-19(7-5-15)32-23(31)29-9-8-18(14-29)27-22(30)20-10-16(11-25-21(20)24)17-12-26-28(2)13-17/h4-7,10-13,18H,3,8-9,14H2,1-2H3,(H2,24,25)(H,27,30)/t18-/m1/s1. The number of aromatic nitrogens is 3. The van der Waals surface area contributed by atoms with Gasteiger partial charge in [-0.1, -0.05) is 19.1 Å². The van der Waals surface area contributed by atoms with Gasteiger partial charge in [-0.25, -0.2) is 9.78 Å². The lowest BCUT2D eigenvalue weighted by Crippen LogP contribution is -2.39. The molecule has 0 unspecified atom stereocenters. The number of anilines is 1. The molecule has 3 heterocycles. The second-order valence-corrected chi connectivity index (χ2v) is 7.83. The van der Waals surface area contributed by atoms with Crippen LogP contribution in [0.5, 0.6) is 5.75 Å². The third kappa shape index (κ3) is 4.72. The summed E-state index contributed by atoms with van der Waals surface area (Å²) in [7, 11) is 1.82. The number of hydrogen-bond acceptors (Lipinski definition) is 6. The van der Waals surface area contributed by atoms with E-state index in [9.17, 15) is 9.59 Å². The molecule has 2 amide bonds. The number of amides is 2. The average Bonchev–Trinajstić information content (AvgIpc) is 3.44. The largest absolute Gasteiger partial charge is 0.415 e. The first-order chi connectivity index (χ1) is 15.4. The van der Waals surface area contributed by atoms with E-state index in [0.717, 1.165) is 17.5 Å². The third-order valence-electron chi connectivity index (χ3n) is 5.52. The van der Waals surface area contributed by atoms with E-state index in [1.165, 1.54) is 5.56 Å². The highest BCUT2D eigenvalue weighted by Gasteiger charge is 2.29. The highest BCUT2D eigenvalue weighted by atomic mass is 16.6. The van der Waals surface area contributed by atoms with Crippen LogP contribution in [0.25, 0.3) is 11.1 Å². The maximum absolute atomic E-state index is 12.9. The number of nitrogen functional groups attached to an aromatic ring is 1. The molecule has 3 aromatic rings. The molecule has 1 fully saturated rings. The van der Waals surface area contributed by atoms with Gasteiger partial charge in [0.05, 0.1) is 11.8 Å². The summed E-state index contributed by atoms with van der Waals surface area (Å²) in [4.78, 5) is 31.1. The zero-order chi connectivity index (χ0) is 22.7. The van der Waals surface area contributed by atoms with Crippen LogP contribution in [0.3, 0.4) is 0 Å². The Bertz CT molecular complexity index is 1130. The highest BCUT2D eigenvalue weighted by molar-refractivity contribution is 5.99. The molecule has 1 atom stereocenters. The first kappa shape index (κ1) is 21.4. The normalized spacial score (nSPS) is 15.6. The van der Waals surface area contributed by atoms with Crippen molar-refractivity contribution < 1.29 is 14.3 Å². The van der Waals surface area contributed by atoms with Gasteiger partial charge in [-0.3, -0.25) is 9.48 Å². The Balaban J connectivity index is 1.37. The molecule has 0 spiro atoms. The SMILES string of the molecule is CCc1ccc(OC(=O)N2CC[C@@H](NC(=O)c3cc(-c4cnn(C)c4)cnc3N)C2)cc1. The minimum atomic E-state index is -0.425. The summed E-state index contributed by atoms with van der Waals surface area (Å²) in [6.07, 6.45) is 6.28. The molecule has 9 nitrogen and oxygen atoms in total. The van der Waals surface area contributed by atoms with Gasteiger partial charge in [-0.05, 0) is 36.6 Å². The van der Waals surface area contributed by atoms with E-state index in [0.29, 0.717) is 30.8 Å². The molecular formula is C23H26N6O3. The Morgan fingerprint density at radius 3 is 2.69 bits per heavy atom. The zero-order valence-corrected chi connectivity index (χ0v) is 18.1. The number of aryl methyl sites for hydroxylation is 2. The van der Waals surface area contributed by atoms with E-state index in [-0.39, 0.29) is 17.8 Å². The quantitative estimate of drug-likeness (QED) is 0.638. The van der Waals surface area contributed by atoms with Crippen molar-refractivity contribution in [2.24, 2.45) is 7.05 Å². The lowest BCUT2D eigenvalue weighted by atomic mass is 10.1. The van der Waals surface area contributed by atoms with Crippen molar-refractivity contribution in [3.8, 4) is 16.9 Å². The summed E-state index contributed by atoms with van der Waals surface area (Å²) >= 11 is 0. The molecule has 0 aliphatic carbocycles. The molecule has 1 aromatic carbocycles. The predicted octanol–water partition coefficient (Wildman–Crippen LogP) is 2.63. The number of likely N-dealkylation sites (tertiary alicyclic amines) is 1. The minimum absolute atomic E-state index is 0.153. The molecule has 32 heavy (non-hydrogen) atoms. The molecule has 1 aliphatic heterocycles. The van der Waals surface area contributed by atoms with Gasteiger partial charge in [0.25, 0.3) is 5.91 Å². The summed E-state index contributed by atoms with van der Waals surface area (Å²) in [5, 5.41) is 7.10. The van der Waals surface area contributed by atoms with Crippen LogP contribution >= 0.6 is 0 Å². The molecule has 3 N–H and O–H groups in total. The molecule has 1 aliphatic rings. The van der Waals surface area contributed by atoms with Crippen molar-refractivity contribution in [3.63, 3.8) is 0 Å². The first-order valence-electron chi connectivity index (χ1n) is 10.5. The molecule has 166 valence electrons. The van der Waals surface area contributed by atoms with Crippen LogP contribution in [0.4, 0.5) is 10.6 Å². The van der Waals surface area contributed by atoms with Gasteiger partial charge < -0.3 is 20.7 Å². The fraction of sp³-hybridized carbons (Fsp3) is 0.304. The summed E-state index contributed by atoms with van der Waals surface area (Å²) < 4.78 is 7.13. The molecule has 9 heteroatoms. The van der Waals surface area contributed by atoms with Crippen LogP contribution in [0.2, 0.25) is 0 Å². The van der Waals surface area contributed by atoms with Crippen molar-refractivity contribution in [2.45, 2.75) is 25.8 Å². The van der Waals surface area contributed by atoms with Gasteiger partial charge in [0.1, 0.15) is 11.6 Å². The van der Waals surface area contributed by atoms with Crippen LogP contribution in [0, 0.1) is 0 Å². The van der Waals surface area contributed by atoms with Crippen molar-refractivity contribution in [3.05, 3.63) is 60.0 Å². The van der Waals surface area contributed by atoms with Crippen molar-refractivity contribution in [1.29, 1.82) is 0 Å². The van der Waals surface area contributed by atoms with Crippen molar-refractivity contribution >= 4 is 17.8 Å². The molecule has 2 aromatic heterocycles. The zero-order valence-electron chi connectivity index (χ0n) is 18.1. The van der Waals surface area contributed by atoms with Crippen LogP contribution < -0.4 is 15.8 Å². The number of nitrogens with one attached hydrogen (secondary N) is 1. The Labute approximate surface area is 186 Å². The highest BCUT2D eigenvalue weighted by Crippen LogP contribution is 2.22. The predicted molar refractivity (Wildman–Crippen MR) is 120 cm³/mol. The van der Waals surface area contributed by atoms with E-state index < -0.39 is 6.09 Å². The smallest absolute Gasteiger partial charge is 0.410 e. The summed E-state index contributed by atoms with van der Waals surface area (Å²) in [6.45, 7) is 2.94. The molecule has 4 rings (SSSR count). The monoisotopic (exact) mass is 434 g/mol. The van der Waals surface area contributed by atoms with Gasteiger partial charge in [0.2, 0.25) is 0 Å². The number of benzene rings is 1. The van der Waals surface area contributed by atoms with E-state index in [2.05, 4.69) is 22.3 Å². The maximum atomic E-state index is 12.9.